The molecule has 1 aromatic carbocycles. The lowest BCUT2D eigenvalue weighted by atomic mass is 10.0. The first-order valence-corrected chi connectivity index (χ1v) is 13.3. The Balaban J connectivity index is 1.33. The van der Waals surface area contributed by atoms with E-state index in [1.807, 2.05) is 25.1 Å². The molecule has 2 heterocycles. The zero-order chi connectivity index (χ0) is 23.3. The standard InChI is InChI=1S/C24H26N4O3S2/c1-14-5-4-6-21(25-14)17-8-7-16-11-19(13-18(16)12-17)22(29)28(3)24-26-15(2)23(32-24)33(30,31)27-20-9-10-20/h4-8,12,19-20,27H,9-11,13H2,1-3H3/t19-/m0/s1. The van der Waals surface area contributed by atoms with Crippen molar-refractivity contribution in [3.63, 3.8) is 0 Å². The molecule has 7 nitrogen and oxygen atoms in total. The average molecular weight is 483 g/mol. The Morgan fingerprint density at radius 1 is 1.09 bits per heavy atom. The summed E-state index contributed by atoms with van der Waals surface area (Å²) in [5, 5.41) is 0.411. The van der Waals surface area contributed by atoms with Crippen LogP contribution in [0.1, 0.15) is 35.4 Å². The number of rotatable bonds is 6. The second kappa shape index (κ2) is 8.30. The fourth-order valence-electron chi connectivity index (χ4n) is 4.26. The van der Waals surface area contributed by atoms with Crippen molar-refractivity contribution in [1.82, 2.24) is 14.7 Å². The molecule has 2 aliphatic carbocycles. The number of carbonyl (C=O) groups is 1. The number of aryl methyl sites for hydroxylation is 2. The highest BCUT2D eigenvalue weighted by Crippen LogP contribution is 2.35. The van der Waals surface area contributed by atoms with Crippen LogP contribution in [0.4, 0.5) is 5.13 Å². The van der Waals surface area contributed by atoms with E-state index in [0.29, 0.717) is 23.7 Å². The molecule has 2 aliphatic rings. The lowest BCUT2D eigenvalue weighted by molar-refractivity contribution is -0.121. The van der Waals surface area contributed by atoms with Gasteiger partial charge in [-0.3, -0.25) is 14.7 Å². The van der Waals surface area contributed by atoms with Crippen LogP contribution in [0.2, 0.25) is 0 Å². The molecule has 0 unspecified atom stereocenters. The number of sulfonamides is 1. The highest BCUT2D eigenvalue weighted by Gasteiger charge is 2.34. The number of nitrogens with one attached hydrogen (secondary N) is 1. The van der Waals surface area contributed by atoms with E-state index in [2.05, 4.69) is 32.9 Å². The molecule has 0 bridgehead atoms. The molecular formula is C24H26N4O3S2. The molecule has 0 spiro atoms. The number of amides is 1. The SMILES string of the molecule is Cc1cccc(-c2ccc3c(c2)C[C@@H](C(=O)N(C)c2nc(C)c(S(=O)(=O)NC4CC4)s2)C3)n1. The molecule has 33 heavy (non-hydrogen) atoms. The van der Waals surface area contributed by atoms with Crippen LogP contribution in [0.15, 0.2) is 40.6 Å². The number of aromatic nitrogens is 2. The minimum absolute atomic E-state index is 0.0243. The van der Waals surface area contributed by atoms with Crippen molar-refractivity contribution in [2.45, 2.75) is 49.8 Å². The molecule has 1 N–H and O–H groups in total. The van der Waals surface area contributed by atoms with Crippen molar-refractivity contribution >= 4 is 32.4 Å². The summed E-state index contributed by atoms with van der Waals surface area (Å²) in [6.45, 7) is 3.65. The predicted octanol–water partition coefficient (Wildman–Crippen LogP) is 3.64. The normalized spacial score (nSPS) is 17.7. The Hall–Kier alpha value is -2.62. The van der Waals surface area contributed by atoms with Crippen molar-refractivity contribution in [2.24, 2.45) is 5.92 Å². The summed E-state index contributed by atoms with van der Waals surface area (Å²) in [7, 11) is -1.92. The number of pyridine rings is 1. The monoisotopic (exact) mass is 482 g/mol. The largest absolute Gasteiger partial charge is 0.291 e. The number of nitrogens with zero attached hydrogens (tertiary/aromatic N) is 3. The minimum Gasteiger partial charge on any atom is -0.291 e. The van der Waals surface area contributed by atoms with Gasteiger partial charge in [-0.25, -0.2) is 18.1 Å². The molecule has 1 amide bonds. The lowest BCUT2D eigenvalue weighted by Crippen LogP contribution is -2.33. The van der Waals surface area contributed by atoms with Gasteiger partial charge in [0, 0.05) is 30.3 Å². The highest BCUT2D eigenvalue weighted by atomic mass is 32.2. The average Bonchev–Trinajstić information content (AvgIpc) is 3.32. The molecule has 9 heteroatoms. The van der Waals surface area contributed by atoms with Gasteiger partial charge in [0.15, 0.2) is 9.34 Å². The van der Waals surface area contributed by atoms with Crippen molar-refractivity contribution in [2.75, 3.05) is 11.9 Å². The van der Waals surface area contributed by atoms with Gasteiger partial charge in [-0.1, -0.05) is 29.5 Å². The fraction of sp³-hybridized carbons (Fsp3) is 0.375. The van der Waals surface area contributed by atoms with E-state index in [1.54, 1.807) is 14.0 Å². The quantitative estimate of drug-likeness (QED) is 0.579. The van der Waals surface area contributed by atoms with Crippen LogP contribution in [0.25, 0.3) is 11.3 Å². The van der Waals surface area contributed by atoms with E-state index in [0.717, 1.165) is 46.7 Å². The van der Waals surface area contributed by atoms with Crippen molar-refractivity contribution in [3.05, 3.63) is 58.9 Å². The molecule has 0 aliphatic heterocycles. The maximum Gasteiger partial charge on any atom is 0.252 e. The van der Waals surface area contributed by atoms with E-state index < -0.39 is 10.0 Å². The number of fused-ring (bicyclic) bond motifs is 1. The zero-order valence-corrected chi connectivity index (χ0v) is 20.5. The summed E-state index contributed by atoms with van der Waals surface area (Å²) in [6, 6.07) is 12.3. The number of hydrogen-bond donors (Lipinski definition) is 1. The molecule has 0 radical (unpaired) electrons. The van der Waals surface area contributed by atoms with E-state index in [1.165, 1.54) is 10.5 Å². The van der Waals surface area contributed by atoms with E-state index in [-0.39, 0.29) is 22.1 Å². The molecule has 172 valence electrons. The Labute approximate surface area is 197 Å². The first-order chi connectivity index (χ1) is 15.7. The molecular weight excluding hydrogens is 456 g/mol. The Morgan fingerprint density at radius 3 is 2.58 bits per heavy atom. The molecule has 1 atom stereocenters. The maximum absolute atomic E-state index is 13.3. The number of hydrogen-bond acceptors (Lipinski definition) is 6. The minimum atomic E-state index is -3.60. The smallest absolute Gasteiger partial charge is 0.252 e. The maximum atomic E-state index is 13.3. The summed E-state index contributed by atoms with van der Waals surface area (Å²) < 4.78 is 28.2. The summed E-state index contributed by atoms with van der Waals surface area (Å²) in [5.74, 6) is -0.242. The van der Waals surface area contributed by atoms with Crippen LogP contribution >= 0.6 is 11.3 Å². The Kier molecular flexibility index (Phi) is 5.58. The summed E-state index contributed by atoms with van der Waals surface area (Å²) in [5.41, 5.74) is 5.70. The molecule has 3 aromatic rings. The van der Waals surface area contributed by atoms with E-state index in [4.69, 9.17) is 0 Å². The zero-order valence-electron chi connectivity index (χ0n) is 18.8. The molecule has 1 fully saturated rings. The van der Waals surface area contributed by atoms with Gasteiger partial charge < -0.3 is 0 Å². The fourth-order valence-corrected chi connectivity index (χ4v) is 7.05. The summed E-state index contributed by atoms with van der Waals surface area (Å²) in [6.07, 6.45) is 3.05. The topological polar surface area (TPSA) is 92.3 Å². The first-order valence-electron chi connectivity index (χ1n) is 11.0. The van der Waals surface area contributed by atoms with Gasteiger partial charge in [0.1, 0.15) is 0 Å². The van der Waals surface area contributed by atoms with Crippen molar-refractivity contribution in [3.8, 4) is 11.3 Å². The van der Waals surface area contributed by atoms with Crippen LogP contribution in [0.3, 0.4) is 0 Å². The number of anilines is 1. The number of carbonyl (C=O) groups excluding carboxylic acids is 1. The molecule has 0 saturated heterocycles. The van der Waals surface area contributed by atoms with Crippen LogP contribution in [-0.2, 0) is 27.7 Å². The Morgan fingerprint density at radius 2 is 1.85 bits per heavy atom. The van der Waals surface area contributed by atoms with Gasteiger partial charge in [-0.15, -0.1) is 0 Å². The molecule has 2 aromatic heterocycles. The van der Waals surface area contributed by atoms with E-state index >= 15 is 0 Å². The third kappa shape index (κ3) is 4.45. The lowest BCUT2D eigenvalue weighted by Gasteiger charge is -2.18. The van der Waals surface area contributed by atoms with Crippen LogP contribution in [0.5, 0.6) is 0 Å². The van der Waals surface area contributed by atoms with Crippen molar-refractivity contribution in [1.29, 1.82) is 0 Å². The third-order valence-corrected chi connectivity index (χ3v) is 9.54. The number of benzene rings is 1. The first kappa shape index (κ1) is 22.2. The third-order valence-electron chi connectivity index (χ3n) is 6.18. The van der Waals surface area contributed by atoms with Gasteiger partial charge in [-0.05, 0) is 68.9 Å². The van der Waals surface area contributed by atoms with E-state index in [9.17, 15) is 13.2 Å². The molecule has 1 saturated carbocycles. The number of thiazole rings is 1. The van der Waals surface area contributed by atoms with Gasteiger partial charge in [0.25, 0.3) is 10.0 Å². The van der Waals surface area contributed by atoms with Gasteiger partial charge >= 0.3 is 0 Å². The van der Waals surface area contributed by atoms with Crippen molar-refractivity contribution < 1.29 is 13.2 Å². The predicted molar refractivity (Wildman–Crippen MR) is 129 cm³/mol. The summed E-state index contributed by atoms with van der Waals surface area (Å²) >= 11 is 1.05. The Bertz CT molecular complexity index is 1350. The van der Waals surface area contributed by atoms with Gasteiger partial charge in [-0.2, -0.15) is 0 Å². The van der Waals surface area contributed by atoms with Crippen LogP contribution in [-0.4, -0.2) is 37.4 Å². The summed E-state index contributed by atoms with van der Waals surface area (Å²) in [4.78, 5) is 23.8. The second-order valence-corrected chi connectivity index (χ2v) is 11.8. The van der Waals surface area contributed by atoms with Gasteiger partial charge in [0.05, 0.1) is 11.4 Å². The van der Waals surface area contributed by atoms with Crippen LogP contribution in [0, 0.1) is 19.8 Å². The molecule has 5 rings (SSSR count). The van der Waals surface area contributed by atoms with Crippen LogP contribution < -0.4 is 9.62 Å². The second-order valence-electron chi connectivity index (χ2n) is 8.91. The van der Waals surface area contributed by atoms with Gasteiger partial charge in [0.2, 0.25) is 5.91 Å². The highest BCUT2D eigenvalue weighted by molar-refractivity contribution is 7.91.